The molecule has 1 fully saturated rings. The maximum Gasteiger partial charge on any atom is 0.257 e. The Kier molecular flexibility index (Phi) is 5.08. The molecule has 0 radical (unpaired) electrons. The van der Waals surface area contributed by atoms with Crippen LogP contribution in [0.3, 0.4) is 0 Å². The van der Waals surface area contributed by atoms with Crippen molar-refractivity contribution < 1.29 is 14.1 Å². The average molecular weight is 378 g/mol. The van der Waals surface area contributed by atoms with Crippen molar-refractivity contribution in [3.05, 3.63) is 69.9 Å². The van der Waals surface area contributed by atoms with Crippen LogP contribution in [-0.4, -0.2) is 37.0 Å². The monoisotopic (exact) mass is 377 g/mol. The highest BCUT2D eigenvalue weighted by molar-refractivity contribution is 9.10. The van der Waals surface area contributed by atoms with Gasteiger partial charge < -0.3 is 9.80 Å². The molecule has 1 saturated heterocycles. The number of quaternary nitrogens is 1. The van der Waals surface area contributed by atoms with E-state index in [2.05, 4.69) is 28.1 Å². The minimum absolute atomic E-state index is 0.144. The van der Waals surface area contributed by atoms with Crippen LogP contribution in [0.5, 0.6) is 0 Å². The SMILES string of the molecule is O=C(c1cc(Br)ccc1F)N1CC[NH+](Cc2ccccc2)CC1. The summed E-state index contributed by atoms with van der Waals surface area (Å²) >= 11 is 3.29. The third kappa shape index (κ3) is 3.98. The van der Waals surface area contributed by atoms with Crippen molar-refractivity contribution in [1.29, 1.82) is 0 Å². The van der Waals surface area contributed by atoms with Gasteiger partial charge in [0, 0.05) is 10.0 Å². The predicted molar refractivity (Wildman–Crippen MR) is 90.8 cm³/mol. The van der Waals surface area contributed by atoms with Crippen molar-refractivity contribution in [1.82, 2.24) is 4.90 Å². The Labute approximate surface area is 143 Å². The summed E-state index contributed by atoms with van der Waals surface area (Å²) in [5.74, 6) is -0.681. The van der Waals surface area contributed by atoms with Crippen molar-refractivity contribution >= 4 is 21.8 Å². The van der Waals surface area contributed by atoms with Crippen LogP contribution in [0.1, 0.15) is 15.9 Å². The van der Waals surface area contributed by atoms with Crippen LogP contribution in [0.4, 0.5) is 4.39 Å². The molecule has 0 saturated carbocycles. The van der Waals surface area contributed by atoms with Crippen LogP contribution >= 0.6 is 15.9 Å². The maximum absolute atomic E-state index is 13.9. The molecule has 1 heterocycles. The van der Waals surface area contributed by atoms with E-state index in [-0.39, 0.29) is 11.5 Å². The van der Waals surface area contributed by atoms with Gasteiger partial charge in [0.25, 0.3) is 5.91 Å². The number of rotatable bonds is 3. The van der Waals surface area contributed by atoms with E-state index >= 15 is 0 Å². The molecule has 0 aliphatic carbocycles. The van der Waals surface area contributed by atoms with Gasteiger partial charge in [-0.05, 0) is 18.2 Å². The van der Waals surface area contributed by atoms with Crippen molar-refractivity contribution in [3.8, 4) is 0 Å². The molecule has 23 heavy (non-hydrogen) atoms. The quantitative estimate of drug-likeness (QED) is 0.870. The molecule has 120 valence electrons. The van der Waals surface area contributed by atoms with E-state index in [1.54, 1.807) is 17.0 Å². The maximum atomic E-state index is 13.9. The average Bonchev–Trinajstić information content (AvgIpc) is 2.58. The molecule has 1 aliphatic rings. The van der Waals surface area contributed by atoms with Gasteiger partial charge in [-0.15, -0.1) is 0 Å². The second-order valence-electron chi connectivity index (χ2n) is 5.83. The molecule has 3 nitrogen and oxygen atoms in total. The first-order valence-electron chi connectivity index (χ1n) is 7.75. The molecule has 1 aliphatic heterocycles. The number of amides is 1. The van der Waals surface area contributed by atoms with Gasteiger partial charge in [-0.2, -0.15) is 0 Å². The Morgan fingerprint density at radius 3 is 2.52 bits per heavy atom. The molecule has 1 N–H and O–H groups in total. The zero-order valence-electron chi connectivity index (χ0n) is 12.8. The third-order valence-electron chi connectivity index (χ3n) is 4.21. The lowest BCUT2D eigenvalue weighted by atomic mass is 10.1. The van der Waals surface area contributed by atoms with Gasteiger partial charge in [0.2, 0.25) is 0 Å². The largest absolute Gasteiger partial charge is 0.328 e. The number of carbonyl (C=O) groups is 1. The Hall–Kier alpha value is -1.72. The van der Waals surface area contributed by atoms with Crippen molar-refractivity contribution in [2.24, 2.45) is 0 Å². The molecule has 0 bridgehead atoms. The second kappa shape index (κ2) is 7.23. The van der Waals surface area contributed by atoms with Crippen LogP contribution in [0.25, 0.3) is 0 Å². The van der Waals surface area contributed by atoms with E-state index in [1.807, 2.05) is 18.2 Å². The van der Waals surface area contributed by atoms with Gasteiger partial charge in [-0.25, -0.2) is 4.39 Å². The second-order valence-corrected chi connectivity index (χ2v) is 6.74. The van der Waals surface area contributed by atoms with E-state index in [4.69, 9.17) is 0 Å². The first kappa shape index (κ1) is 16.1. The molecule has 0 atom stereocenters. The summed E-state index contributed by atoms with van der Waals surface area (Å²) in [6, 6.07) is 14.9. The standard InChI is InChI=1S/C18H18BrFN2O/c19-15-6-7-17(20)16(12-15)18(23)22-10-8-21(9-11-22)13-14-4-2-1-3-5-14/h1-7,12H,8-11,13H2/p+1. The van der Waals surface area contributed by atoms with Crippen molar-refractivity contribution in [2.45, 2.75) is 6.54 Å². The topological polar surface area (TPSA) is 24.8 Å². The summed E-state index contributed by atoms with van der Waals surface area (Å²) in [7, 11) is 0. The number of hydrogen-bond donors (Lipinski definition) is 1. The molecule has 0 unspecified atom stereocenters. The number of carbonyl (C=O) groups excluding carboxylic acids is 1. The van der Waals surface area contributed by atoms with Crippen molar-refractivity contribution in [3.63, 3.8) is 0 Å². The Bertz CT molecular complexity index is 685. The molecule has 2 aromatic rings. The fourth-order valence-corrected chi connectivity index (χ4v) is 3.28. The number of benzene rings is 2. The summed E-state index contributed by atoms with van der Waals surface area (Å²) in [5, 5.41) is 0. The minimum Gasteiger partial charge on any atom is -0.328 e. The van der Waals surface area contributed by atoms with E-state index in [0.29, 0.717) is 13.1 Å². The van der Waals surface area contributed by atoms with Gasteiger partial charge in [0.1, 0.15) is 12.4 Å². The van der Waals surface area contributed by atoms with Crippen LogP contribution in [-0.2, 0) is 6.54 Å². The lowest BCUT2D eigenvalue weighted by molar-refractivity contribution is -0.917. The first-order valence-corrected chi connectivity index (χ1v) is 8.54. The third-order valence-corrected chi connectivity index (χ3v) is 4.71. The fraction of sp³-hybridized carbons (Fsp3) is 0.278. The molecule has 3 rings (SSSR count). The summed E-state index contributed by atoms with van der Waals surface area (Å²) in [4.78, 5) is 15.7. The van der Waals surface area contributed by atoms with Crippen LogP contribution in [0.15, 0.2) is 53.0 Å². The van der Waals surface area contributed by atoms with Gasteiger partial charge >= 0.3 is 0 Å². The van der Waals surface area contributed by atoms with Gasteiger partial charge in [0.15, 0.2) is 0 Å². The molecule has 1 amide bonds. The zero-order valence-corrected chi connectivity index (χ0v) is 14.4. The molecular formula is C18H19BrFN2O+. The minimum atomic E-state index is -0.461. The zero-order chi connectivity index (χ0) is 16.2. The fourth-order valence-electron chi connectivity index (χ4n) is 2.92. The van der Waals surface area contributed by atoms with Gasteiger partial charge in [-0.3, -0.25) is 4.79 Å². The number of hydrogen-bond acceptors (Lipinski definition) is 1. The van der Waals surface area contributed by atoms with Crippen LogP contribution in [0, 0.1) is 5.82 Å². The predicted octanol–water partition coefficient (Wildman–Crippen LogP) is 2.13. The summed E-state index contributed by atoms with van der Waals surface area (Å²) in [6.07, 6.45) is 0. The summed E-state index contributed by atoms with van der Waals surface area (Å²) in [6.45, 7) is 4.06. The highest BCUT2D eigenvalue weighted by Crippen LogP contribution is 2.17. The van der Waals surface area contributed by atoms with Crippen LogP contribution < -0.4 is 4.90 Å². The number of halogens is 2. The Balaban J connectivity index is 1.60. The van der Waals surface area contributed by atoms with E-state index in [1.165, 1.54) is 16.5 Å². The normalized spacial score (nSPS) is 15.7. The van der Waals surface area contributed by atoms with Crippen LogP contribution in [0.2, 0.25) is 0 Å². The Morgan fingerprint density at radius 1 is 1.13 bits per heavy atom. The smallest absolute Gasteiger partial charge is 0.257 e. The summed E-state index contributed by atoms with van der Waals surface area (Å²) in [5.41, 5.74) is 1.45. The lowest BCUT2D eigenvalue weighted by Crippen LogP contribution is -3.13. The molecule has 5 heteroatoms. The Morgan fingerprint density at radius 2 is 1.83 bits per heavy atom. The van der Waals surface area contributed by atoms with Gasteiger partial charge in [0.05, 0.1) is 31.7 Å². The highest BCUT2D eigenvalue weighted by Gasteiger charge is 2.26. The number of nitrogens with one attached hydrogen (secondary N) is 1. The molecule has 2 aromatic carbocycles. The molecule has 0 aromatic heterocycles. The molecule has 0 spiro atoms. The van der Waals surface area contributed by atoms with E-state index < -0.39 is 5.82 Å². The van der Waals surface area contributed by atoms with Gasteiger partial charge in [-0.1, -0.05) is 46.3 Å². The van der Waals surface area contributed by atoms with E-state index in [9.17, 15) is 9.18 Å². The lowest BCUT2D eigenvalue weighted by Gasteiger charge is -2.32. The number of nitrogens with zero attached hydrogens (tertiary/aromatic N) is 1. The van der Waals surface area contributed by atoms with Crippen molar-refractivity contribution in [2.75, 3.05) is 26.2 Å². The number of piperazine rings is 1. The molecular weight excluding hydrogens is 359 g/mol. The summed E-state index contributed by atoms with van der Waals surface area (Å²) < 4.78 is 14.6. The highest BCUT2D eigenvalue weighted by atomic mass is 79.9. The van der Waals surface area contributed by atoms with E-state index in [0.717, 1.165) is 24.1 Å². The first-order chi connectivity index (χ1) is 11.1.